The normalized spacial score (nSPS) is 20.2. The molecule has 0 spiro atoms. The molecule has 6 nitrogen and oxygen atoms in total. The molecule has 0 bridgehead atoms. The molecule has 1 aliphatic carbocycles. The SMILES string of the molecule is O=C1NC(=O)C2=C1C=CC(Cc1ccc(C(=O)O)cc1)C2=O. The minimum absolute atomic E-state index is 0.0837. The van der Waals surface area contributed by atoms with Crippen LogP contribution >= 0.6 is 0 Å². The Hall–Kier alpha value is -3.02. The van der Waals surface area contributed by atoms with Crippen LogP contribution in [0.25, 0.3) is 0 Å². The number of hydrogen-bond acceptors (Lipinski definition) is 4. The number of carboxylic acids is 1. The number of benzene rings is 1. The van der Waals surface area contributed by atoms with Crippen molar-refractivity contribution in [2.75, 3.05) is 0 Å². The average Bonchev–Trinajstić information content (AvgIpc) is 2.77. The van der Waals surface area contributed by atoms with Crippen LogP contribution in [0.2, 0.25) is 0 Å². The molecule has 1 aliphatic heterocycles. The fourth-order valence-electron chi connectivity index (χ4n) is 2.56. The van der Waals surface area contributed by atoms with Crippen LogP contribution in [0.4, 0.5) is 0 Å². The lowest BCUT2D eigenvalue weighted by Crippen LogP contribution is -2.27. The van der Waals surface area contributed by atoms with E-state index in [0.717, 1.165) is 5.56 Å². The molecule has 2 aliphatic rings. The average molecular weight is 297 g/mol. The largest absolute Gasteiger partial charge is 0.478 e. The molecule has 0 saturated carbocycles. The van der Waals surface area contributed by atoms with Crippen molar-refractivity contribution in [1.82, 2.24) is 5.32 Å². The molecule has 1 aromatic rings. The number of hydrogen-bond donors (Lipinski definition) is 2. The monoisotopic (exact) mass is 297 g/mol. The number of aromatic carboxylic acids is 1. The number of Topliss-reactive ketones (excluding diaryl/α,β-unsaturated/α-hetero) is 1. The Bertz CT molecular complexity index is 770. The summed E-state index contributed by atoms with van der Waals surface area (Å²) in [7, 11) is 0. The molecule has 3 rings (SSSR count). The summed E-state index contributed by atoms with van der Waals surface area (Å²) in [6.45, 7) is 0. The Morgan fingerprint density at radius 1 is 1.09 bits per heavy atom. The van der Waals surface area contributed by atoms with Crippen LogP contribution in [-0.2, 0) is 20.8 Å². The third-order valence-electron chi connectivity index (χ3n) is 3.70. The number of amides is 2. The number of nitrogens with one attached hydrogen (secondary N) is 1. The first kappa shape index (κ1) is 13.9. The molecule has 2 amide bonds. The Balaban J connectivity index is 1.81. The van der Waals surface area contributed by atoms with Crippen LogP contribution in [0, 0.1) is 5.92 Å². The van der Waals surface area contributed by atoms with Crippen LogP contribution in [-0.4, -0.2) is 28.7 Å². The highest BCUT2D eigenvalue weighted by atomic mass is 16.4. The maximum absolute atomic E-state index is 12.3. The lowest BCUT2D eigenvalue weighted by molar-refractivity contribution is -0.125. The van der Waals surface area contributed by atoms with Crippen molar-refractivity contribution in [2.45, 2.75) is 6.42 Å². The van der Waals surface area contributed by atoms with Gasteiger partial charge in [-0.1, -0.05) is 24.3 Å². The van der Waals surface area contributed by atoms with Gasteiger partial charge in [-0.25, -0.2) is 4.79 Å². The van der Waals surface area contributed by atoms with Gasteiger partial charge in [-0.15, -0.1) is 0 Å². The van der Waals surface area contributed by atoms with Crippen LogP contribution in [0.5, 0.6) is 0 Å². The van der Waals surface area contributed by atoms with Gasteiger partial charge >= 0.3 is 5.97 Å². The van der Waals surface area contributed by atoms with Crippen LogP contribution in [0.1, 0.15) is 15.9 Å². The van der Waals surface area contributed by atoms with Crippen LogP contribution < -0.4 is 5.32 Å². The van der Waals surface area contributed by atoms with E-state index < -0.39 is 23.7 Å². The molecule has 0 radical (unpaired) electrons. The molecule has 1 heterocycles. The number of imide groups is 1. The Morgan fingerprint density at radius 2 is 1.77 bits per heavy atom. The third-order valence-corrected chi connectivity index (χ3v) is 3.70. The van der Waals surface area contributed by atoms with Crippen LogP contribution in [0.15, 0.2) is 47.6 Å². The fourth-order valence-corrected chi connectivity index (χ4v) is 2.56. The number of carbonyl (C=O) groups is 4. The van der Waals surface area contributed by atoms with Gasteiger partial charge in [-0.2, -0.15) is 0 Å². The van der Waals surface area contributed by atoms with Gasteiger partial charge in [0.2, 0.25) is 0 Å². The summed E-state index contributed by atoms with van der Waals surface area (Å²) in [6.07, 6.45) is 3.44. The first-order chi connectivity index (χ1) is 10.5. The predicted octanol–water partition coefficient (Wildman–Crippen LogP) is 0.635. The molecule has 6 heteroatoms. The zero-order valence-electron chi connectivity index (χ0n) is 11.3. The van der Waals surface area contributed by atoms with E-state index in [1.807, 2.05) is 0 Å². The van der Waals surface area contributed by atoms with Gasteiger partial charge < -0.3 is 5.11 Å². The lowest BCUT2D eigenvalue weighted by Gasteiger charge is -2.15. The minimum Gasteiger partial charge on any atom is -0.478 e. The van der Waals surface area contributed by atoms with Gasteiger partial charge in [0.25, 0.3) is 11.8 Å². The van der Waals surface area contributed by atoms with E-state index in [-0.39, 0.29) is 22.5 Å². The van der Waals surface area contributed by atoms with E-state index in [9.17, 15) is 19.2 Å². The van der Waals surface area contributed by atoms with E-state index in [2.05, 4.69) is 5.32 Å². The van der Waals surface area contributed by atoms with E-state index in [0.29, 0.717) is 6.42 Å². The summed E-state index contributed by atoms with van der Waals surface area (Å²) in [5.74, 6) is -3.14. The molecule has 2 N–H and O–H groups in total. The van der Waals surface area contributed by atoms with Crippen molar-refractivity contribution in [3.63, 3.8) is 0 Å². The highest BCUT2D eigenvalue weighted by Gasteiger charge is 2.38. The summed E-state index contributed by atoms with van der Waals surface area (Å²) in [4.78, 5) is 46.2. The van der Waals surface area contributed by atoms with E-state index in [1.165, 1.54) is 18.2 Å². The second-order valence-corrected chi connectivity index (χ2v) is 5.11. The Morgan fingerprint density at radius 3 is 2.41 bits per heavy atom. The Labute approximate surface area is 125 Å². The van der Waals surface area contributed by atoms with E-state index >= 15 is 0 Å². The second-order valence-electron chi connectivity index (χ2n) is 5.11. The first-order valence-electron chi connectivity index (χ1n) is 6.62. The van der Waals surface area contributed by atoms with Gasteiger partial charge in [0.1, 0.15) is 0 Å². The summed E-state index contributed by atoms with van der Waals surface area (Å²) in [5.41, 5.74) is 0.980. The standard InChI is InChI=1S/C16H11NO5/c18-13-10(5-6-11-12(13)15(20)17-14(11)19)7-8-1-3-9(4-2-8)16(21)22/h1-6,10H,7H2,(H,21,22)(H,17,19,20). The topological polar surface area (TPSA) is 101 Å². The number of carbonyl (C=O) groups excluding carboxylic acids is 3. The lowest BCUT2D eigenvalue weighted by atomic mass is 9.85. The van der Waals surface area contributed by atoms with Gasteiger partial charge in [0.15, 0.2) is 5.78 Å². The smallest absolute Gasteiger partial charge is 0.335 e. The molecule has 0 fully saturated rings. The minimum atomic E-state index is -1.02. The maximum atomic E-state index is 12.3. The summed E-state index contributed by atoms with van der Waals surface area (Å²) < 4.78 is 0. The zero-order valence-corrected chi connectivity index (χ0v) is 11.3. The number of allylic oxidation sites excluding steroid dienone is 1. The molecule has 22 heavy (non-hydrogen) atoms. The predicted molar refractivity (Wildman–Crippen MR) is 74.9 cm³/mol. The molecule has 0 aromatic heterocycles. The quantitative estimate of drug-likeness (QED) is 0.629. The van der Waals surface area contributed by atoms with Gasteiger partial charge in [-0.05, 0) is 24.1 Å². The summed E-state index contributed by atoms with van der Waals surface area (Å²) in [6, 6.07) is 6.19. The highest BCUT2D eigenvalue weighted by Crippen LogP contribution is 2.27. The van der Waals surface area contributed by atoms with E-state index in [4.69, 9.17) is 5.11 Å². The highest BCUT2D eigenvalue weighted by molar-refractivity contribution is 6.34. The van der Waals surface area contributed by atoms with Crippen LogP contribution in [0.3, 0.4) is 0 Å². The first-order valence-corrected chi connectivity index (χ1v) is 6.62. The van der Waals surface area contributed by atoms with Crippen molar-refractivity contribution in [1.29, 1.82) is 0 Å². The molecule has 0 saturated heterocycles. The van der Waals surface area contributed by atoms with Crippen molar-refractivity contribution in [2.24, 2.45) is 5.92 Å². The summed E-state index contributed by atoms with van der Waals surface area (Å²) >= 11 is 0. The van der Waals surface area contributed by atoms with Crippen molar-refractivity contribution in [3.05, 3.63) is 58.7 Å². The van der Waals surface area contributed by atoms with Gasteiger partial charge in [0.05, 0.1) is 16.7 Å². The third kappa shape index (κ3) is 2.24. The number of ketones is 1. The molecule has 110 valence electrons. The number of carboxylic acid groups (broad SMARTS) is 1. The number of rotatable bonds is 3. The Kier molecular flexibility index (Phi) is 3.21. The molecule has 1 aromatic carbocycles. The molecule has 1 unspecified atom stereocenters. The molecular formula is C16H11NO5. The summed E-state index contributed by atoms with van der Waals surface area (Å²) in [5, 5.41) is 11.0. The van der Waals surface area contributed by atoms with Crippen molar-refractivity contribution >= 4 is 23.6 Å². The van der Waals surface area contributed by atoms with Gasteiger partial charge in [-0.3, -0.25) is 19.7 Å². The fraction of sp³-hybridized carbons (Fsp3) is 0.125. The second kappa shape index (κ2) is 5.07. The maximum Gasteiger partial charge on any atom is 0.335 e. The molecular weight excluding hydrogens is 286 g/mol. The zero-order chi connectivity index (χ0) is 15.9. The van der Waals surface area contributed by atoms with E-state index in [1.54, 1.807) is 18.2 Å². The van der Waals surface area contributed by atoms with Crippen molar-refractivity contribution in [3.8, 4) is 0 Å². The van der Waals surface area contributed by atoms with Crippen molar-refractivity contribution < 1.29 is 24.3 Å². The van der Waals surface area contributed by atoms with Gasteiger partial charge in [0, 0.05) is 5.92 Å². The molecule has 1 atom stereocenters.